The van der Waals surface area contributed by atoms with Gasteiger partial charge in [-0.15, -0.1) is 0 Å². The Morgan fingerprint density at radius 1 is 1.06 bits per heavy atom. The van der Waals surface area contributed by atoms with Gasteiger partial charge in [-0.3, -0.25) is 14.2 Å². The number of halogens is 1. The second kappa shape index (κ2) is 8.99. The van der Waals surface area contributed by atoms with Crippen LogP contribution in [0.5, 0.6) is 5.75 Å². The Kier molecular flexibility index (Phi) is 5.97. The average molecular weight is 422 g/mol. The zero-order valence-corrected chi connectivity index (χ0v) is 17.2. The Hall–Kier alpha value is -3.68. The van der Waals surface area contributed by atoms with Crippen LogP contribution < -0.4 is 15.2 Å². The van der Waals surface area contributed by atoms with Gasteiger partial charge in [-0.25, -0.2) is 9.37 Å². The number of nitrogens with zero attached hydrogens (tertiary/aromatic N) is 4. The third-order valence-electron chi connectivity index (χ3n) is 5.38. The highest BCUT2D eigenvalue weighted by Gasteiger charge is 2.23. The van der Waals surface area contributed by atoms with Gasteiger partial charge in [-0.05, 0) is 36.4 Å². The van der Waals surface area contributed by atoms with Crippen LogP contribution in [0.3, 0.4) is 0 Å². The quantitative estimate of drug-likeness (QED) is 0.632. The van der Waals surface area contributed by atoms with Crippen molar-refractivity contribution in [2.45, 2.75) is 6.54 Å². The highest BCUT2D eigenvalue weighted by Crippen LogP contribution is 2.28. The van der Waals surface area contributed by atoms with E-state index in [2.05, 4.69) is 9.88 Å². The van der Waals surface area contributed by atoms with Crippen molar-refractivity contribution in [1.82, 2.24) is 14.5 Å². The molecule has 0 spiro atoms. The summed E-state index contributed by atoms with van der Waals surface area (Å²) in [4.78, 5) is 33.4. The third-order valence-corrected chi connectivity index (χ3v) is 5.38. The molecule has 0 aliphatic carbocycles. The van der Waals surface area contributed by atoms with Crippen LogP contribution in [0, 0.1) is 5.82 Å². The first kappa shape index (κ1) is 20.6. The molecule has 31 heavy (non-hydrogen) atoms. The standard InChI is InChI=1S/C23H23FN4O3/c1-31-21-5-3-2-4-20(21)26-10-12-27(13-11-26)23(30)15-28-16-25-19(14-22(28)29)17-6-8-18(24)9-7-17/h2-9,14,16H,10-13,15H2,1H3. The van der Waals surface area contributed by atoms with Crippen molar-refractivity contribution in [3.05, 3.63) is 77.1 Å². The molecule has 4 rings (SSSR count). The molecule has 1 saturated heterocycles. The minimum Gasteiger partial charge on any atom is -0.495 e. The van der Waals surface area contributed by atoms with Crippen molar-refractivity contribution in [2.75, 3.05) is 38.2 Å². The smallest absolute Gasteiger partial charge is 0.254 e. The molecule has 1 aromatic heterocycles. The molecule has 2 heterocycles. The van der Waals surface area contributed by atoms with E-state index in [0.717, 1.165) is 11.4 Å². The van der Waals surface area contributed by atoms with Gasteiger partial charge in [0, 0.05) is 37.8 Å². The molecule has 0 unspecified atom stereocenters. The lowest BCUT2D eigenvalue weighted by molar-refractivity contribution is -0.132. The summed E-state index contributed by atoms with van der Waals surface area (Å²) < 4.78 is 19.8. The molecule has 0 radical (unpaired) electrons. The van der Waals surface area contributed by atoms with Crippen LogP contribution in [0.25, 0.3) is 11.3 Å². The van der Waals surface area contributed by atoms with Crippen LogP contribution >= 0.6 is 0 Å². The van der Waals surface area contributed by atoms with Crippen LogP contribution in [0.2, 0.25) is 0 Å². The fourth-order valence-corrected chi connectivity index (χ4v) is 3.66. The first-order valence-electron chi connectivity index (χ1n) is 10.0. The Balaban J connectivity index is 1.39. The molecule has 1 aliphatic heterocycles. The number of ether oxygens (including phenoxy) is 1. The van der Waals surface area contributed by atoms with Gasteiger partial charge in [0.05, 0.1) is 24.8 Å². The number of hydrogen-bond donors (Lipinski definition) is 0. The Morgan fingerprint density at radius 2 is 1.77 bits per heavy atom. The van der Waals surface area contributed by atoms with Gasteiger partial charge in [0.25, 0.3) is 5.56 Å². The number of para-hydroxylation sites is 2. The van der Waals surface area contributed by atoms with E-state index in [0.29, 0.717) is 37.4 Å². The topological polar surface area (TPSA) is 67.7 Å². The SMILES string of the molecule is COc1ccccc1N1CCN(C(=O)Cn2cnc(-c3ccc(F)cc3)cc2=O)CC1. The Morgan fingerprint density at radius 3 is 2.45 bits per heavy atom. The number of carbonyl (C=O) groups excluding carboxylic acids is 1. The number of carbonyl (C=O) groups is 1. The molecule has 0 bridgehead atoms. The van der Waals surface area contributed by atoms with Crippen LogP contribution in [-0.2, 0) is 11.3 Å². The van der Waals surface area contributed by atoms with Crippen LogP contribution in [-0.4, -0.2) is 53.6 Å². The molecule has 0 saturated carbocycles. The lowest BCUT2D eigenvalue weighted by Crippen LogP contribution is -2.50. The molecular formula is C23H23FN4O3. The summed E-state index contributed by atoms with van der Waals surface area (Å²) in [6.45, 7) is 2.43. The van der Waals surface area contributed by atoms with Crippen molar-refractivity contribution in [3.8, 4) is 17.0 Å². The predicted octanol–water partition coefficient (Wildman–Crippen LogP) is 2.41. The molecule has 7 nitrogen and oxygen atoms in total. The summed E-state index contributed by atoms with van der Waals surface area (Å²) in [5.41, 5.74) is 1.77. The van der Waals surface area contributed by atoms with Crippen molar-refractivity contribution < 1.29 is 13.9 Å². The molecule has 2 aromatic carbocycles. The van der Waals surface area contributed by atoms with Crippen molar-refractivity contribution in [1.29, 1.82) is 0 Å². The van der Waals surface area contributed by atoms with Gasteiger partial charge in [-0.1, -0.05) is 12.1 Å². The zero-order valence-electron chi connectivity index (χ0n) is 17.2. The van der Waals surface area contributed by atoms with Gasteiger partial charge < -0.3 is 14.5 Å². The van der Waals surface area contributed by atoms with Gasteiger partial charge >= 0.3 is 0 Å². The largest absolute Gasteiger partial charge is 0.495 e. The van der Waals surface area contributed by atoms with E-state index in [1.54, 1.807) is 24.1 Å². The first-order valence-corrected chi connectivity index (χ1v) is 10.0. The number of piperazine rings is 1. The number of methoxy groups -OCH3 is 1. The van der Waals surface area contributed by atoms with Crippen molar-refractivity contribution >= 4 is 11.6 Å². The van der Waals surface area contributed by atoms with E-state index in [1.807, 2.05) is 24.3 Å². The number of aromatic nitrogens is 2. The lowest BCUT2D eigenvalue weighted by atomic mass is 10.1. The summed E-state index contributed by atoms with van der Waals surface area (Å²) >= 11 is 0. The highest BCUT2D eigenvalue weighted by atomic mass is 19.1. The Bertz CT molecular complexity index is 1120. The maximum atomic E-state index is 13.1. The molecule has 0 atom stereocenters. The molecule has 1 amide bonds. The first-order chi connectivity index (χ1) is 15.0. The molecule has 0 N–H and O–H groups in total. The Labute approximate surface area is 179 Å². The van der Waals surface area contributed by atoms with Crippen molar-refractivity contribution in [2.24, 2.45) is 0 Å². The minimum atomic E-state index is -0.353. The number of anilines is 1. The molecule has 1 aliphatic rings. The normalized spacial score (nSPS) is 13.9. The van der Waals surface area contributed by atoms with Crippen LogP contribution in [0.15, 0.2) is 65.7 Å². The van der Waals surface area contributed by atoms with Gasteiger partial charge in [0.2, 0.25) is 5.91 Å². The second-order valence-corrected chi connectivity index (χ2v) is 7.29. The summed E-state index contributed by atoms with van der Waals surface area (Å²) in [7, 11) is 1.64. The van der Waals surface area contributed by atoms with Crippen LogP contribution in [0.4, 0.5) is 10.1 Å². The number of benzene rings is 2. The lowest BCUT2D eigenvalue weighted by Gasteiger charge is -2.36. The van der Waals surface area contributed by atoms with E-state index in [-0.39, 0.29) is 23.8 Å². The molecule has 8 heteroatoms. The number of hydrogen-bond acceptors (Lipinski definition) is 5. The number of rotatable bonds is 5. The van der Waals surface area contributed by atoms with Crippen molar-refractivity contribution in [3.63, 3.8) is 0 Å². The zero-order chi connectivity index (χ0) is 21.8. The second-order valence-electron chi connectivity index (χ2n) is 7.29. The summed E-state index contributed by atoms with van der Waals surface area (Å²) in [6.07, 6.45) is 1.37. The third kappa shape index (κ3) is 4.58. The molecule has 3 aromatic rings. The average Bonchev–Trinajstić information content (AvgIpc) is 2.81. The summed E-state index contributed by atoms with van der Waals surface area (Å²) in [5.74, 6) is 0.327. The van der Waals surface area contributed by atoms with Gasteiger partial charge in [0.1, 0.15) is 18.1 Å². The molecule has 160 valence electrons. The summed E-state index contributed by atoms with van der Waals surface area (Å²) in [5, 5.41) is 0. The van der Waals surface area contributed by atoms with E-state index < -0.39 is 0 Å². The molecule has 1 fully saturated rings. The van der Waals surface area contributed by atoms with E-state index in [1.165, 1.54) is 29.1 Å². The van der Waals surface area contributed by atoms with E-state index in [4.69, 9.17) is 4.74 Å². The summed E-state index contributed by atoms with van der Waals surface area (Å²) in [6, 6.07) is 14.9. The number of amides is 1. The minimum absolute atomic E-state index is 0.0653. The molecular weight excluding hydrogens is 399 g/mol. The maximum Gasteiger partial charge on any atom is 0.254 e. The monoisotopic (exact) mass is 422 g/mol. The fraction of sp³-hybridized carbons (Fsp3) is 0.261. The predicted molar refractivity (Wildman–Crippen MR) is 116 cm³/mol. The van der Waals surface area contributed by atoms with Gasteiger partial charge in [-0.2, -0.15) is 0 Å². The van der Waals surface area contributed by atoms with Gasteiger partial charge in [0.15, 0.2) is 0 Å². The van der Waals surface area contributed by atoms with E-state index in [9.17, 15) is 14.0 Å². The van der Waals surface area contributed by atoms with E-state index >= 15 is 0 Å². The highest BCUT2D eigenvalue weighted by molar-refractivity contribution is 5.76. The fourth-order valence-electron chi connectivity index (χ4n) is 3.66. The van der Waals surface area contributed by atoms with Crippen LogP contribution in [0.1, 0.15) is 0 Å². The maximum absolute atomic E-state index is 13.1.